The number of morpholine rings is 1. The molecule has 2 atom stereocenters. The van der Waals surface area contributed by atoms with E-state index in [4.69, 9.17) is 9.47 Å². The molecule has 176 valence electrons. The average Bonchev–Trinajstić information content (AvgIpc) is 2.77. The molecule has 0 aromatic heterocycles. The number of rotatable bonds is 6. The fraction of sp³-hybridized carbons (Fsp3) is 0.409. The van der Waals surface area contributed by atoms with Crippen LogP contribution in [0.4, 0.5) is 10.5 Å². The van der Waals surface area contributed by atoms with E-state index < -0.39 is 21.0 Å². The Balaban J connectivity index is 1.34. The summed E-state index contributed by atoms with van der Waals surface area (Å²) in [5.74, 6) is -0.00779. The van der Waals surface area contributed by atoms with Gasteiger partial charge in [0.25, 0.3) is 5.69 Å². The van der Waals surface area contributed by atoms with E-state index in [9.17, 15) is 23.3 Å². The van der Waals surface area contributed by atoms with E-state index in [1.165, 1.54) is 28.6 Å². The summed E-state index contributed by atoms with van der Waals surface area (Å²) in [6.07, 6.45) is -1.09. The number of nitrogens with zero attached hydrogens (tertiary/aromatic N) is 3. The Kier molecular flexibility index (Phi) is 6.63. The monoisotopic (exact) mass is 475 g/mol. The van der Waals surface area contributed by atoms with Crippen molar-refractivity contribution in [1.82, 2.24) is 9.21 Å². The number of hydrogen-bond acceptors (Lipinski definition) is 7. The molecular formula is C22H25N3O7S. The van der Waals surface area contributed by atoms with Crippen molar-refractivity contribution in [1.29, 1.82) is 0 Å². The first-order valence-electron chi connectivity index (χ1n) is 10.6. The van der Waals surface area contributed by atoms with Gasteiger partial charge >= 0.3 is 6.09 Å². The lowest BCUT2D eigenvalue weighted by atomic mass is 9.93. The van der Waals surface area contributed by atoms with Crippen LogP contribution in [0.1, 0.15) is 12.5 Å². The Labute approximate surface area is 191 Å². The molecule has 1 amide bonds. The van der Waals surface area contributed by atoms with Crippen molar-refractivity contribution in [2.75, 3.05) is 26.2 Å². The van der Waals surface area contributed by atoms with Gasteiger partial charge in [-0.15, -0.1) is 0 Å². The highest BCUT2D eigenvalue weighted by atomic mass is 32.2. The number of carbonyl (C=O) groups is 1. The minimum absolute atomic E-state index is 0.000626. The van der Waals surface area contributed by atoms with E-state index in [0.717, 1.165) is 5.56 Å². The molecule has 11 heteroatoms. The summed E-state index contributed by atoms with van der Waals surface area (Å²) in [6.45, 7) is 3.19. The Morgan fingerprint density at radius 1 is 1.09 bits per heavy atom. The quantitative estimate of drug-likeness (QED) is 0.465. The molecule has 4 rings (SSSR count). The third kappa shape index (κ3) is 5.15. The second kappa shape index (κ2) is 9.46. The number of sulfonamides is 1. The van der Waals surface area contributed by atoms with Crippen LogP contribution in [0.25, 0.3) is 0 Å². The second-order valence-electron chi connectivity index (χ2n) is 8.26. The fourth-order valence-corrected chi connectivity index (χ4v) is 5.53. The van der Waals surface area contributed by atoms with Crippen molar-refractivity contribution in [3.05, 3.63) is 70.3 Å². The lowest BCUT2D eigenvalue weighted by Crippen LogP contribution is -2.60. The molecule has 2 aromatic rings. The third-order valence-corrected chi connectivity index (χ3v) is 7.68. The molecule has 0 N–H and O–H groups in total. The molecule has 0 saturated carbocycles. The Morgan fingerprint density at radius 3 is 2.39 bits per heavy atom. The minimum Gasteiger partial charge on any atom is -0.445 e. The third-order valence-electron chi connectivity index (χ3n) is 5.84. The van der Waals surface area contributed by atoms with Crippen molar-refractivity contribution >= 4 is 21.8 Å². The van der Waals surface area contributed by atoms with Gasteiger partial charge in [-0.25, -0.2) is 13.2 Å². The van der Waals surface area contributed by atoms with Crippen molar-refractivity contribution in [3.8, 4) is 0 Å². The van der Waals surface area contributed by atoms with Gasteiger partial charge in [-0.2, -0.15) is 4.31 Å². The molecule has 2 aliphatic rings. The summed E-state index contributed by atoms with van der Waals surface area (Å²) < 4.78 is 38.9. The molecule has 2 saturated heterocycles. The zero-order valence-electron chi connectivity index (χ0n) is 18.1. The maximum Gasteiger partial charge on any atom is 0.410 e. The number of ether oxygens (including phenoxy) is 2. The van der Waals surface area contributed by atoms with Crippen molar-refractivity contribution in [2.45, 2.75) is 30.6 Å². The van der Waals surface area contributed by atoms with Gasteiger partial charge in [0.2, 0.25) is 10.0 Å². The molecule has 0 aliphatic carbocycles. The fourth-order valence-electron chi connectivity index (χ4n) is 4.00. The molecular weight excluding hydrogens is 450 g/mol. The lowest BCUT2D eigenvalue weighted by molar-refractivity contribution is -0.384. The summed E-state index contributed by atoms with van der Waals surface area (Å²) in [4.78, 5) is 24.1. The number of likely N-dealkylation sites (tertiary alicyclic amines) is 1. The van der Waals surface area contributed by atoms with E-state index in [1.807, 2.05) is 30.3 Å². The van der Waals surface area contributed by atoms with Crippen molar-refractivity contribution in [3.63, 3.8) is 0 Å². The van der Waals surface area contributed by atoms with E-state index in [1.54, 1.807) is 11.8 Å². The second-order valence-corrected chi connectivity index (χ2v) is 10.2. The van der Waals surface area contributed by atoms with Crippen LogP contribution in [0.5, 0.6) is 0 Å². The SMILES string of the molecule is C[C@@H]1CN(S(=O)(=O)c2ccc([N+](=O)[O-])cc2)C[C@H](C2CN(C(=O)OCc3ccccc3)C2)O1. The van der Waals surface area contributed by atoms with E-state index in [-0.39, 0.29) is 48.4 Å². The minimum atomic E-state index is -3.83. The predicted molar refractivity (Wildman–Crippen MR) is 118 cm³/mol. The zero-order chi connectivity index (χ0) is 23.6. The number of non-ortho nitro benzene ring substituents is 1. The van der Waals surface area contributed by atoms with Crippen LogP contribution in [0.15, 0.2) is 59.5 Å². The summed E-state index contributed by atoms with van der Waals surface area (Å²) in [5.41, 5.74) is 0.732. The number of hydrogen-bond donors (Lipinski definition) is 0. The standard InChI is InChI=1S/C22H25N3O7S/c1-16-11-24(33(29,30)20-9-7-19(8-10-20)25(27)28)14-21(32-16)18-12-23(13-18)22(26)31-15-17-5-3-2-4-6-17/h2-10,16,18,21H,11-15H2,1H3/t16-,21-/m1/s1. The largest absolute Gasteiger partial charge is 0.445 e. The summed E-state index contributed by atoms with van der Waals surface area (Å²) in [6, 6.07) is 14.3. The predicted octanol–water partition coefficient (Wildman–Crippen LogP) is 2.64. The maximum absolute atomic E-state index is 13.1. The van der Waals surface area contributed by atoms with Gasteiger partial charge < -0.3 is 14.4 Å². The smallest absolute Gasteiger partial charge is 0.410 e. The van der Waals surface area contributed by atoms with Crippen LogP contribution in [0.2, 0.25) is 0 Å². The summed E-state index contributed by atoms with van der Waals surface area (Å²) in [7, 11) is -3.83. The summed E-state index contributed by atoms with van der Waals surface area (Å²) >= 11 is 0. The molecule has 0 spiro atoms. The number of amides is 1. The van der Waals surface area contributed by atoms with Crippen LogP contribution in [0, 0.1) is 16.0 Å². The van der Waals surface area contributed by atoms with Crippen molar-refractivity contribution in [2.24, 2.45) is 5.92 Å². The van der Waals surface area contributed by atoms with Crippen LogP contribution in [-0.4, -0.2) is 67.0 Å². The average molecular weight is 476 g/mol. The van der Waals surface area contributed by atoms with Gasteiger partial charge in [-0.3, -0.25) is 10.1 Å². The molecule has 2 fully saturated rings. The number of carbonyl (C=O) groups excluding carboxylic acids is 1. The van der Waals surface area contributed by atoms with E-state index in [0.29, 0.717) is 13.1 Å². The maximum atomic E-state index is 13.1. The van der Waals surface area contributed by atoms with E-state index >= 15 is 0 Å². The first-order valence-corrected chi connectivity index (χ1v) is 12.0. The Morgan fingerprint density at radius 2 is 1.76 bits per heavy atom. The Bertz CT molecular complexity index is 1100. The molecule has 2 aliphatic heterocycles. The van der Waals surface area contributed by atoms with Gasteiger partial charge in [-0.05, 0) is 24.6 Å². The van der Waals surface area contributed by atoms with Crippen LogP contribution < -0.4 is 0 Å². The highest BCUT2D eigenvalue weighted by molar-refractivity contribution is 7.89. The molecule has 0 unspecified atom stereocenters. The highest BCUT2D eigenvalue weighted by Crippen LogP contribution is 2.29. The van der Waals surface area contributed by atoms with Gasteiger partial charge in [-0.1, -0.05) is 30.3 Å². The van der Waals surface area contributed by atoms with Crippen LogP contribution >= 0.6 is 0 Å². The number of benzene rings is 2. The summed E-state index contributed by atoms with van der Waals surface area (Å²) in [5, 5.41) is 10.8. The molecule has 33 heavy (non-hydrogen) atoms. The van der Waals surface area contributed by atoms with Gasteiger partial charge in [0.15, 0.2) is 0 Å². The van der Waals surface area contributed by atoms with Crippen LogP contribution in [0.3, 0.4) is 0 Å². The number of nitro benzene ring substituents is 1. The van der Waals surface area contributed by atoms with Gasteiger partial charge in [0, 0.05) is 44.2 Å². The molecule has 2 aromatic carbocycles. The Hall–Kier alpha value is -3.02. The highest BCUT2D eigenvalue weighted by Gasteiger charge is 2.43. The first-order chi connectivity index (χ1) is 15.7. The zero-order valence-corrected chi connectivity index (χ0v) is 18.9. The molecule has 10 nitrogen and oxygen atoms in total. The topological polar surface area (TPSA) is 119 Å². The first kappa shape index (κ1) is 23.1. The van der Waals surface area contributed by atoms with Crippen molar-refractivity contribution < 1.29 is 27.6 Å². The van der Waals surface area contributed by atoms with E-state index in [2.05, 4.69) is 0 Å². The van der Waals surface area contributed by atoms with Gasteiger partial charge in [0.05, 0.1) is 22.0 Å². The molecule has 0 radical (unpaired) electrons. The lowest BCUT2D eigenvalue weighted by Gasteiger charge is -2.46. The molecule has 2 heterocycles. The normalized spacial score (nSPS) is 21.9. The van der Waals surface area contributed by atoms with Gasteiger partial charge in [0.1, 0.15) is 6.61 Å². The molecule has 0 bridgehead atoms. The number of nitro groups is 1. The van der Waals surface area contributed by atoms with Crippen LogP contribution in [-0.2, 0) is 26.1 Å².